The van der Waals surface area contributed by atoms with Crippen LogP contribution in [-0.4, -0.2) is 35.0 Å². The van der Waals surface area contributed by atoms with Gasteiger partial charge in [0.15, 0.2) is 12.4 Å². The summed E-state index contributed by atoms with van der Waals surface area (Å²) in [5.74, 6) is 0.454. The number of benzene rings is 1. The summed E-state index contributed by atoms with van der Waals surface area (Å²) in [4.78, 5) is 26.2. The van der Waals surface area contributed by atoms with E-state index in [0.717, 1.165) is 29.4 Å². The Bertz CT molecular complexity index is 1010. The summed E-state index contributed by atoms with van der Waals surface area (Å²) in [7, 11) is 3.59. The predicted octanol–water partition coefficient (Wildman–Crippen LogP) is 2.04. The van der Waals surface area contributed by atoms with Crippen LogP contribution in [0.1, 0.15) is 28.9 Å². The molecular formula is C19H21N5O3. The number of nitrogens with zero attached hydrogens (tertiary/aromatic N) is 4. The predicted molar refractivity (Wildman–Crippen MR) is 100 cm³/mol. The Morgan fingerprint density at radius 2 is 2.00 bits per heavy atom. The van der Waals surface area contributed by atoms with E-state index in [2.05, 4.69) is 27.1 Å². The molecule has 0 radical (unpaired) electrons. The van der Waals surface area contributed by atoms with Crippen molar-refractivity contribution in [3.8, 4) is 0 Å². The van der Waals surface area contributed by atoms with E-state index in [4.69, 9.17) is 14.9 Å². The van der Waals surface area contributed by atoms with E-state index in [-0.39, 0.29) is 24.9 Å². The number of nitrogens with two attached hydrogens (primary N) is 1. The lowest BCUT2D eigenvalue weighted by molar-refractivity contribution is -0.144. The molecule has 8 nitrogen and oxygen atoms in total. The molecule has 2 N–H and O–H groups in total. The highest BCUT2D eigenvalue weighted by Crippen LogP contribution is 2.30. The Hall–Kier alpha value is -3.16. The molecule has 2 aromatic heterocycles. The van der Waals surface area contributed by atoms with Gasteiger partial charge in [0, 0.05) is 25.0 Å². The van der Waals surface area contributed by atoms with Crippen LogP contribution in [0.4, 0.5) is 11.9 Å². The third kappa shape index (κ3) is 3.55. The molecule has 0 bridgehead atoms. The molecule has 2 heterocycles. The number of carbonyl (C=O) groups excluding carboxylic acids is 1. The van der Waals surface area contributed by atoms with Crippen molar-refractivity contribution in [2.24, 2.45) is 0 Å². The Morgan fingerprint density at radius 3 is 2.78 bits per heavy atom. The smallest absolute Gasteiger partial charge is 0.310 e. The largest absolute Gasteiger partial charge is 0.464 e. The van der Waals surface area contributed by atoms with Crippen molar-refractivity contribution in [3.05, 3.63) is 40.9 Å². The number of esters is 1. The van der Waals surface area contributed by atoms with Crippen LogP contribution in [0.25, 0.3) is 11.0 Å². The van der Waals surface area contributed by atoms with Crippen LogP contribution in [0, 0.1) is 0 Å². The van der Waals surface area contributed by atoms with E-state index < -0.39 is 0 Å². The standard InChI is InChI=1S/C19H21N5O3/c1-24(2)19-22-16(21-18(20)23-19)10-27-17(25)8-13-9-26-15-7-12-5-3-4-11(12)6-14(13)15/h6-7,9H,3-5,8,10H2,1-2H3,(H2,20,21,22,23). The number of rotatable bonds is 5. The van der Waals surface area contributed by atoms with Crippen molar-refractivity contribution in [3.63, 3.8) is 0 Å². The van der Waals surface area contributed by atoms with Gasteiger partial charge in [-0.1, -0.05) is 0 Å². The third-order valence-electron chi connectivity index (χ3n) is 4.65. The zero-order chi connectivity index (χ0) is 19.0. The van der Waals surface area contributed by atoms with Crippen molar-refractivity contribution in [1.29, 1.82) is 0 Å². The second kappa shape index (κ2) is 6.86. The molecule has 1 aliphatic rings. The molecule has 0 saturated heterocycles. The molecule has 0 aliphatic heterocycles. The molecule has 0 spiro atoms. The lowest BCUT2D eigenvalue weighted by Crippen LogP contribution is -2.17. The highest BCUT2D eigenvalue weighted by atomic mass is 16.5. The number of aryl methyl sites for hydroxylation is 2. The number of ether oxygens (including phenoxy) is 1. The van der Waals surface area contributed by atoms with Crippen LogP contribution in [0.3, 0.4) is 0 Å². The number of hydrogen-bond donors (Lipinski definition) is 1. The summed E-state index contributed by atoms with van der Waals surface area (Å²) >= 11 is 0. The normalized spacial score (nSPS) is 13.0. The first-order chi connectivity index (χ1) is 13.0. The van der Waals surface area contributed by atoms with Gasteiger partial charge in [-0.05, 0) is 42.5 Å². The summed E-state index contributed by atoms with van der Waals surface area (Å²) in [6.07, 6.45) is 5.10. The number of hydrogen-bond acceptors (Lipinski definition) is 8. The Morgan fingerprint density at radius 1 is 1.22 bits per heavy atom. The summed E-state index contributed by atoms with van der Waals surface area (Å²) < 4.78 is 11.0. The third-order valence-corrected chi connectivity index (χ3v) is 4.65. The molecular weight excluding hydrogens is 346 g/mol. The van der Waals surface area contributed by atoms with Gasteiger partial charge in [0.25, 0.3) is 0 Å². The molecule has 0 amide bonds. The Kier molecular flexibility index (Phi) is 4.39. The summed E-state index contributed by atoms with van der Waals surface area (Å²) in [5.41, 5.74) is 10.0. The van der Waals surface area contributed by atoms with E-state index in [1.165, 1.54) is 17.5 Å². The maximum atomic E-state index is 12.3. The average Bonchev–Trinajstić information content (AvgIpc) is 3.24. The minimum Gasteiger partial charge on any atom is -0.464 e. The highest BCUT2D eigenvalue weighted by molar-refractivity contribution is 5.87. The zero-order valence-corrected chi connectivity index (χ0v) is 15.4. The van der Waals surface area contributed by atoms with Crippen molar-refractivity contribution < 1.29 is 13.9 Å². The Labute approximate surface area is 156 Å². The summed E-state index contributed by atoms with van der Waals surface area (Å²) in [6, 6.07) is 4.22. The monoisotopic (exact) mass is 367 g/mol. The zero-order valence-electron chi connectivity index (χ0n) is 15.4. The summed E-state index contributed by atoms with van der Waals surface area (Å²) in [5, 5.41) is 0.979. The van der Waals surface area contributed by atoms with Gasteiger partial charge in [-0.25, -0.2) is 0 Å². The maximum Gasteiger partial charge on any atom is 0.310 e. The van der Waals surface area contributed by atoms with Crippen molar-refractivity contribution in [2.45, 2.75) is 32.3 Å². The van der Waals surface area contributed by atoms with Crippen LogP contribution < -0.4 is 10.6 Å². The van der Waals surface area contributed by atoms with Crippen molar-refractivity contribution >= 4 is 28.8 Å². The van der Waals surface area contributed by atoms with Gasteiger partial charge in [0.05, 0.1) is 12.7 Å². The number of furan rings is 1. The molecule has 0 unspecified atom stereocenters. The maximum absolute atomic E-state index is 12.3. The molecule has 0 saturated carbocycles. The second-order valence-electron chi connectivity index (χ2n) is 6.87. The van der Waals surface area contributed by atoms with Crippen LogP contribution in [0.5, 0.6) is 0 Å². The molecule has 27 heavy (non-hydrogen) atoms. The van der Waals surface area contributed by atoms with Crippen LogP contribution in [0.15, 0.2) is 22.8 Å². The fourth-order valence-electron chi connectivity index (χ4n) is 3.33. The van der Waals surface area contributed by atoms with Crippen LogP contribution >= 0.6 is 0 Å². The average molecular weight is 367 g/mol. The van der Waals surface area contributed by atoms with Gasteiger partial charge in [-0.15, -0.1) is 0 Å². The van der Waals surface area contributed by atoms with Gasteiger partial charge in [-0.2, -0.15) is 15.0 Å². The topological polar surface area (TPSA) is 107 Å². The van der Waals surface area contributed by atoms with E-state index >= 15 is 0 Å². The van der Waals surface area contributed by atoms with Gasteiger partial charge in [0.1, 0.15) is 5.58 Å². The molecule has 1 aliphatic carbocycles. The number of carbonyl (C=O) groups is 1. The van der Waals surface area contributed by atoms with Gasteiger partial charge >= 0.3 is 5.97 Å². The van der Waals surface area contributed by atoms with E-state index in [0.29, 0.717) is 11.8 Å². The molecule has 4 rings (SSSR count). The number of aromatic nitrogens is 3. The SMILES string of the molecule is CN(C)c1nc(N)nc(COC(=O)Cc2coc3cc4c(cc23)CCC4)n1. The molecule has 1 aromatic carbocycles. The number of nitrogen functional groups attached to an aromatic ring is 1. The lowest BCUT2D eigenvalue weighted by atomic mass is 10.0. The lowest BCUT2D eigenvalue weighted by Gasteiger charge is -2.11. The van der Waals surface area contributed by atoms with E-state index in [9.17, 15) is 4.79 Å². The first-order valence-corrected chi connectivity index (χ1v) is 8.85. The molecule has 0 atom stereocenters. The second-order valence-corrected chi connectivity index (χ2v) is 6.87. The van der Waals surface area contributed by atoms with Crippen molar-refractivity contribution in [2.75, 3.05) is 24.7 Å². The first kappa shape index (κ1) is 17.3. The van der Waals surface area contributed by atoms with Crippen LogP contribution in [-0.2, 0) is 35.4 Å². The van der Waals surface area contributed by atoms with E-state index in [1.54, 1.807) is 25.3 Å². The van der Waals surface area contributed by atoms with Gasteiger partial charge in [0.2, 0.25) is 11.9 Å². The fraction of sp³-hybridized carbons (Fsp3) is 0.368. The molecule has 140 valence electrons. The van der Waals surface area contributed by atoms with Gasteiger partial charge < -0.3 is 19.8 Å². The first-order valence-electron chi connectivity index (χ1n) is 8.85. The highest BCUT2D eigenvalue weighted by Gasteiger charge is 2.17. The van der Waals surface area contributed by atoms with E-state index in [1.807, 2.05) is 0 Å². The Balaban J connectivity index is 1.45. The quantitative estimate of drug-likeness (QED) is 0.683. The van der Waals surface area contributed by atoms with Crippen molar-refractivity contribution in [1.82, 2.24) is 15.0 Å². The molecule has 0 fully saturated rings. The minimum atomic E-state index is -0.372. The number of fused-ring (bicyclic) bond motifs is 2. The molecule has 8 heteroatoms. The summed E-state index contributed by atoms with van der Waals surface area (Å²) in [6.45, 7) is -0.0580. The molecule has 3 aromatic rings. The van der Waals surface area contributed by atoms with Gasteiger partial charge in [-0.3, -0.25) is 4.79 Å². The fourth-order valence-corrected chi connectivity index (χ4v) is 3.33. The number of anilines is 2. The van der Waals surface area contributed by atoms with Crippen LogP contribution in [0.2, 0.25) is 0 Å². The minimum absolute atomic E-state index is 0.0580.